The number of carboxylic acids is 3. The van der Waals surface area contributed by atoms with Crippen LogP contribution in [0.3, 0.4) is 0 Å². The lowest BCUT2D eigenvalue weighted by Gasteiger charge is -2.34. The number of unbranched alkanes of at least 4 members (excludes halogenated alkanes) is 1. The minimum absolute atomic E-state index is 0.0776. The molecule has 2 aromatic rings. The van der Waals surface area contributed by atoms with Crippen LogP contribution in [0.1, 0.15) is 63.5 Å². The summed E-state index contributed by atoms with van der Waals surface area (Å²) >= 11 is 0. The summed E-state index contributed by atoms with van der Waals surface area (Å²) < 4.78 is 0. The summed E-state index contributed by atoms with van der Waals surface area (Å²) in [6.45, 7) is 3.24. The fourth-order valence-electron chi connectivity index (χ4n) is 6.65. The predicted molar refractivity (Wildman–Crippen MR) is 206 cm³/mol. The Labute approximate surface area is 327 Å². The highest BCUT2D eigenvalue weighted by Crippen LogP contribution is 2.19. The molecular formula is C40H56N6O10. The highest BCUT2D eigenvalue weighted by atomic mass is 16.4. The minimum Gasteiger partial charge on any atom is -0.481 e. The van der Waals surface area contributed by atoms with Gasteiger partial charge in [0.2, 0.25) is 23.6 Å². The van der Waals surface area contributed by atoms with E-state index in [1.54, 1.807) is 12.1 Å². The summed E-state index contributed by atoms with van der Waals surface area (Å²) in [4.78, 5) is 92.0. The van der Waals surface area contributed by atoms with Crippen LogP contribution in [-0.4, -0.2) is 124 Å². The molecule has 2 aromatic carbocycles. The molecule has 0 aromatic heterocycles. The van der Waals surface area contributed by atoms with Crippen molar-refractivity contribution in [3.8, 4) is 0 Å². The van der Waals surface area contributed by atoms with Crippen LogP contribution in [0.2, 0.25) is 0 Å². The molecule has 8 N–H and O–H groups in total. The number of carbonyl (C=O) groups excluding carboxylic acids is 4. The molecule has 4 atom stereocenters. The third-order valence-corrected chi connectivity index (χ3v) is 9.60. The van der Waals surface area contributed by atoms with Gasteiger partial charge in [-0.2, -0.15) is 0 Å². The number of carboxylic acid groups (broad SMARTS) is 3. The molecule has 16 heteroatoms. The van der Waals surface area contributed by atoms with Gasteiger partial charge in [-0.3, -0.25) is 38.5 Å². The van der Waals surface area contributed by atoms with E-state index in [0.717, 1.165) is 11.1 Å². The first kappa shape index (κ1) is 45.0. The number of nitrogens with one attached hydrogen (secondary N) is 3. The second kappa shape index (κ2) is 22.9. The zero-order valence-electron chi connectivity index (χ0n) is 32.1. The number of likely N-dealkylation sites (tertiary alicyclic amines) is 1. The van der Waals surface area contributed by atoms with Crippen LogP contribution >= 0.6 is 0 Å². The lowest BCUT2D eigenvalue weighted by Crippen LogP contribution is -2.59. The van der Waals surface area contributed by atoms with Gasteiger partial charge >= 0.3 is 17.9 Å². The van der Waals surface area contributed by atoms with E-state index in [0.29, 0.717) is 12.8 Å². The van der Waals surface area contributed by atoms with Crippen molar-refractivity contribution in [2.75, 3.05) is 32.7 Å². The van der Waals surface area contributed by atoms with Gasteiger partial charge in [0, 0.05) is 19.5 Å². The van der Waals surface area contributed by atoms with Crippen molar-refractivity contribution in [2.24, 2.45) is 17.6 Å². The van der Waals surface area contributed by atoms with Crippen LogP contribution in [0, 0.1) is 11.8 Å². The van der Waals surface area contributed by atoms with E-state index in [-0.39, 0.29) is 64.1 Å². The Morgan fingerprint density at radius 1 is 0.714 bits per heavy atom. The van der Waals surface area contributed by atoms with Crippen LogP contribution < -0.4 is 21.7 Å². The van der Waals surface area contributed by atoms with Crippen molar-refractivity contribution in [3.05, 3.63) is 71.8 Å². The first-order valence-electron chi connectivity index (χ1n) is 19.0. The van der Waals surface area contributed by atoms with Crippen LogP contribution in [0.15, 0.2) is 60.7 Å². The number of hydrogen-bond donors (Lipinski definition) is 7. The number of benzene rings is 2. The van der Waals surface area contributed by atoms with Gasteiger partial charge in [0.1, 0.15) is 18.1 Å². The Morgan fingerprint density at radius 2 is 1.21 bits per heavy atom. The molecule has 1 aliphatic heterocycles. The highest BCUT2D eigenvalue weighted by molar-refractivity contribution is 5.95. The van der Waals surface area contributed by atoms with Crippen molar-refractivity contribution in [3.63, 3.8) is 0 Å². The molecule has 1 aliphatic rings. The third kappa shape index (κ3) is 15.8. The van der Waals surface area contributed by atoms with Crippen LogP contribution in [0.5, 0.6) is 0 Å². The molecular weight excluding hydrogens is 724 g/mol. The quantitative estimate of drug-likeness (QED) is 0.0788. The first-order chi connectivity index (χ1) is 26.6. The fraction of sp³-hybridized carbons (Fsp3) is 0.525. The molecule has 1 saturated heterocycles. The maximum Gasteiger partial charge on any atom is 0.317 e. The average Bonchev–Trinajstić information content (AvgIpc) is 3.15. The average molecular weight is 781 g/mol. The number of piperidine rings is 1. The van der Waals surface area contributed by atoms with E-state index in [9.17, 15) is 48.9 Å². The lowest BCUT2D eigenvalue weighted by atomic mass is 9.96. The molecule has 4 unspecified atom stereocenters. The summed E-state index contributed by atoms with van der Waals surface area (Å²) in [5.41, 5.74) is 7.86. The Morgan fingerprint density at radius 3 is 1.73 bits per heavy atom. The molecule has 4 amide bonds. The Bertz CT molecular complexity index is 1600. The van der Waals surface area contributed by atoms with Gasteiger partial charge in [0.15, 0.2) is 0 Å². The Kier molecular flexibility index (Phi) is 18.4. The number of amides is 4. The molecule has 0 aliphatic carbocycles. The molecule has 0 saturated carbocycles. The predicted octanol–water partition coefficient (Wildman–Crippen LogP) is 1.26. The van der Waals surface area contributed by atoms with Gasteiger partial charge in [-0.25, -0.2) is 0 Å². The van der Waals surface area contributed by atoms with E-state index in [1.807, 2.05) is 62.4 Å². The van der Waals surface area contributed by atoms with Gasteiger partial charge in [-0.05, 0) is 68.5 Å². The molecule has 0 radical (unpaired) electrons. The normalized spacial score (nSPS) is 15.3. The lowest BCUT2D eigenvalue weighted by molar-refractivity contribution is -0.146. The molecule has 1 heterocycles. The monoisotopic (exact) mass is 780 g/mol. The van der Waals surface area contributed by atoms with Crippen LogP contribution in [0.4, 0.5) is 0 Å². The topological polar surface area (TPSA) is 249 Å². The van der Waals surface area contributed by atoms with Crippen molar-refractivity contribution in [2.45, 2.75) is 89.4 Å². The summed E-state index contributed by atoms with van der Waals surface area (Å²) in [5.74, 6) is -6.20. The van der Waals surface area contributed by atoms with Gasteiger partial charge in [-0.15, -0.1) is 0 Å². The fourth-order valence-corrected chi connectivity index (χ4v) is 6.65. The number of aliphatic carboxylic acids is 3. The van der Waals surface area contributed by atoms with Crippen LogP contribution in [-0.2, 0) is 46.4 Å². The first-order valence-corrected chi connectivity index (χ1v) is 19.0. The molecule has 16 nitrogen and oxygen atoms in total. The highest BCUT2D eigenvalue weighted by Gasteiger charge is 2.34. The van der Waals surface area contributed by atoms with E-state index >= 15 is 0 Å². The van der Waals surface area contributed by atoms with E-state index in [2.05, 4.69) is 16.0 Å². The second-order valence-corrected chi connectivity index (χ2v) is 14.7. The van der Waals surface area contributed by atoms with Crippen molar-refractivity contribution in [1.82, 2.24) is 25.8 Å². The smallest absolute Gasteiger partial charge is 0.317 e. The molecule has 0 spiro atoms. The van der Waals surface area contributed by atoms with E-state index < -0.39 is 84.7 Å². The van der Waals surface area contributed by atoms with Crippen molar-refractivity contribution >= 4 is 41.5 Å². The van der Waals surface area contributed by atoms with Gasteiger partial charge < -0.3 is 41.9 Å². The molecule has 0 bridgehead atoms. The number of nitrogens with two attached hydrogens (primary N) is 1. The molecule has 3 rings (SSSR count). The van der Waals surface area contributed by atoms with Crippen molar-refractivity contribution in [1.29, 1.82) is 0 Å². The van der Waals surface area contributed by atoms with Gasteiger partial charge in [0.05, 0.1) is 25.0 Å². The number of carbonyl (C=O) groups is 7. The number of rotatable bonds is 23. The summed E-state index contributed by atoms with van der Waals surface area (Å²) in [6.07, 6.45) is 1.79. The van der Waals surface area contributed by atoms with E-state index in [4.69, 9.17) is 5.73 Å². The standard InChI is InChI=1S/C40H56N6O10/c1-26(2)21-32(44-38(53)33(23-28-13-7-4-8-14-28)43-36(51)30(41)22-27-11-5-3-6-12-27)37(52)42-31(39(54)46-19-16-29(17-20-46)40(55)56)15-9-10-18-45(24-34(47)48)25-35(49)50/h3-8,11-14,26,29-33H,9-10,15-25,41H2,1-2H3,(H,42,52)(H,43,51)(H,44,53)(H,47,48)(H,49,50)(H,55,56). The van der Waals surface area contributed by atoms with Gasteiger partial charge in [-0.1, -0.05) is 74.5 Å². The molecule has 56 heavy (non-hydrogen) atoms. The summed E-state index contributed by atoms with van der Waals surface area (Å²) in [6, 6.07) is 14.1. The maximum atomic E-state index is 14.0. The molecule has 1 fully saturated rings. The number of nitrogens with zero attached hydrogens (tertiary/aromatic N) is 2. The van der Waals surface area contributed by atoms with Gasteiger partial charge in [0.25, 0.3) is 0 Å². The summed E-state index contributed by atoms with van der Waals surface area (Å²) in [7, 11) is 0. The zero-order chi connectivity index (χ0) is 41.2. The minimum atomic E-state index is -1.19. The second-order valence-electron chi connectivity index (χ2n) is 14.7. The summed E-state index contributed by atoms with van der Waals surface area (Å²) in [5, 5.41) is 36.2. The van der Waals surface area contributed by atoms with Crippen molar-refractivity contribution < 1.29 is 48.9 Å². The third-order valence-electron chi connectivity index (χ3n) is 9.60. The number of hydrogen-bond acceptors (Lipinski definition) is 9. The molecule has 306 valence electrons. The SMILES string of the molecule is CC(C)CC(NC(=O)C(Cc1ccccc1)NC(=O)C(N)Cc1ccccc1)C(=O)NC(CCCCN(CC(=O)O)CC(=O)O)C(=O)N1CCC(C(=O)O)CC1. The van der Waals surface area contributed by atoms with E-state index in [1.165, 1.54) is 9.80 Å². The largest absolute Gasteiger partial charge is 0.481 e. The zero-order valence-corrected chi connectivity index (χ0v) is 32.1. The maximum absolute atomic E-state index is 14.0. The Balaban J connectivity index is 1.79. The van der Waals surface area contributed by atoms with Crippen LogP contribution in [0.25, 0.3) is 0 Å². The Hall–Kier alpha value is -5.35.